The molecule has 1 aliphatic carbocycles. The molecule has 1 aliphatic heterocycles. The third-order valence-electron chi connectivity index (χ3n) is 4.27. The molecule has 6 heteroatoms. The van der Waals surface area contributed by atoms with Crippen LogP contribution in [0.4, 0.5) is 0 Å². The summed E-state index contributed by atoms with van der Waals surface area (Å²) in [6.07, 6.45) is 5.97. The zero-order chi connectivity index (χ0) is 16.3. The van der Waals surface area contributed by atoms with Crippen LogP contribution in [0, 0.1) is 5.92 Å². The molecule has 23 heavy (non-hydrogen) atoms. The van der Waals surface area contributed by atoms with Crippen molar-refractivity contribution in [1.29, 1.82) is 0 Å². The van der Waals surface area contributed by atoms with Crippen molar-refractivity contribution in [3.8, 4) is 0 Å². The predicted molar refractivity (Wildman–Crippen MR) is 89.1 cm³/mol. The van der Waals surface area contributed by atoms with Crippen molar-refractivity contribution in [1.82, 2.24) is 9.21 Å². The second-order valence-electron chi connectivity index (χ2n) is 6.16. The van der Waals surface area contributed by atoms with E-state index in [1.165, 1.54) is 17.1 Å². The van der Waals surface area contributed by atoms with Crippen LogP contribution in [-0.4, -0.2) is 49.7 Å². The van der Waals surface area contributed by atoms with Crippen LogP contribution in [0.5, 0.6) is 0 Å². The normalized spacial score (nSPS) is 20.1. The van der Waals surface area contributed by atoms with Crippen LogP contribution in [0.3, 0.4) is 0 Å². The van der Waals surface area contributed by atoms with E-state index in [1.807, 2.05) is 36.4 Å². The Bertz CT molecular complexity index is 673. The smallest absolute Gasteiger partial charge is 0.246 e. The maximum Gasteiger partial charge on any atom is 0.246 e. The molecule has 0 atom stereocenters. The van der Waals surface area contributed by atoms with E-state index >= 15 is 0 Å². The van der Waals surface area contributed by atoms with Crippen molar-refractivity contribution in [3.05, 3.63) is 48.0 Å². The lowest BCUT2D eigenvalue weighted by atomic mass is 10.2. The van der Waals surface area contributed by atoms with Crippen LogP contribution in [0.15, 0.2) is 42.5 Å². The third-order valence-corrected chi connectivity index (χ3v) is 6.12. The maximum absolute atomic E-state index is 12.5. The monoisotopic (exact) mass is 334 g/mol. The van der Waals surface area contributed by atoms with Gasteiger partial charge in [-0.25, -0.2) is 8.42 Å². The molecule has 1 saturated heterocycles. The minimum atomic E-state index is -3.32. The SMILES string of the molecule is O=C(/C=C/C1CC1)N1CCN(S(=O)(=O)Cc2ccccc2)CC1. The van der Waals surface area contributed by atoms with Gasteiger partial charge in [0, 0.05) is 26.2 Å². The first-order valence-electron chi connectivity index (χ1n) is 8.03. The number of carbonyl (C=O) groups excluding carboxylic acids is 1. The van der Waals surface area contributed by atoms with E-state index in [0.29, 0.717) is 32.1 Å². The van der Waals surface area contributed by atoms with Gasteiger partial charge in [0.15, 0.2) is 0 Å². The summed E-state index contributed by atoms with van der Waals surface area (Å²) >= 11 is 0. The summed E-state index contributed by atoms with van der Waals surface area (Å²) < 4.78 is 26.4. The Labute approximate surface area is 137 Å². The van der Waals surface area contributed by atoms with Crippen molar-refractivity contribution in [2.75, 3.05) is 26.2 Å². The van der Waals surface area contributed by atoms with Crippen LogP contribution < -0.4 is 0 Å². The maximum atomic E-state index is 12.5. The van der Waals surface area contributed by atoms with Crippen LogP contribution in [0.25, 0.3) is 0 Å². The molecule has 124 valence electrons. The molecule has 1 aromatic carbocycles. The van der Waals surface area contributed by atoms with Gasteiger partial charge < -0.3 is 4.90 Å². The van der Waals surface area contributed by atoms with Crippen LogP contribution >= 0.6 is 0 Å². The number of allylic oxidation sites excluding steroid dienone is 1. The topological polar surface area (TPSA) is 57.7 Å². The predicted octanol–water partition coefficient (Wildman–Crippen LogP) is 1.63. The Hall–Kier alpha value is -1.66. The van der Waals surface area contributed by atoms with E-state index in [4.69, 9.17) is 0 Å². The molecule has 0 spiro atoms. The van der Waals surface area contributed by atoms with Crippen LogP contribution in [0.2, 0.25) is 0 Å². The summed E-state index contributed by atoms with van der Waals surface area (Å²) in [5.74, 6) is 0.590. The highest BCUT2D eigenvalue weighted by Crippen LogP contribution is 2.30. The fraction of sp³-hybridized carbons (Fsp3) is 0.471. The highest BCUT2D eigenvalue weighted by Gasteiger charge is 2.28. The number of piperazine rings is 1. The second kappa shape index (κ2) is 6.84. The molecule has 1 aromatic rings. The van der Waals surface area contributed by atoms with Gasteiger partial charge in [0.05, 0.1) is 5.75 Å². The number of nitrogens with zero attached hydrogens (tertiary/aromatic N) is 2. The first kappa shape index (κ1) is 16.2. The molecule has 1 saturated carbocycles. The molecule has 2 fully saturated rings. The summed E-state index contributed by atoms with van der Waals surface area (Å²) in [5, 5.41) is 0. The lowest BCUT2D eigenvalue weighted by Gasteiger charge is -2.33. The Kier molecular flexibility index (Phi) is 4.82. The number of rotatable bonds is 5. The fourth-order valence-corrected chi connectivity index (χ4v) is 4.19. The molecular weight excluding hydrogens is 312 g/mol. The summed E-state index contributed by atoms with van der Waals surface area (Å²) in [5.41, 5.74) is 0.790. The lowest BCUT2D eigenvalue weighted by Crippen LogP contribution is -2.50. The fourth-order valence-electron chi connectivity index (χ4n) is 2.68. The van der Waals surface area contributed by atoms with Crippen molar-refractivity contribution in [3.63, 3.8) is 0 Å². The average Bonchev–Trinajstić information content (AvgIpc) is 3.38. The van der Waals surface area contributed by atoms with Gasteiger partial charge in [-0.15, -0.1) is 0 Å². The minimum Gasteiger partial charge on any atom is -0.337 e. The minimum absolute atomic E-state index is 0.00277. The van der Waals surface area contributed by atoms with Gasteiger partial charge in [-0.2, -0.15) is 4.31 Å². The quantitative estimate of drug-likeness (QED) is 0.769. The zero-order valence-corrected chi connectivity index (χ0v) is 13.9. The van der Waals surface area contributed by atoms with Crippen LogP contribution in [-0.2, 0) is 20.6 Å². The van der Waals surface area contributed by atoms with Gasteiger partial charge in [0.25, 0.3) is 0 Å². The number of hydrogen-bond donors (Lipinski definition) is 0. The standard InChI is InChI=1S/C17H22N2O3S/c20-17(9-8-15-6-7-15)18-10-12-19(13-11-18)23(21,22)14-16-4-2-1-3-5-16/h1-5,8-9,15H,6-7,10-14H2/b9-8+. The molecule has 2 aliphatic rings. The molecule has 0 N–H and O–H groups in total. The molecule has 1 heterocycles. The number of benzene rings is 1. The Morgan fingerprint density at radius 3 is 2.35 bits per heavy atom. The van der Waals surface area contributed by atoms with Gasteiger partial charge in [-0.05, 0) is 30.4 Å². The highest BCUT2D eigenvalue weighted by atomic mass is 32.2. The number of amides is 1. The van der Waals surface area contributed by atoms with E-state index in [9.17, 15) is 13.2 Å². The van der Waals surface area contributed by atoms with Crippen molar-refractivity contribution >= 4 is 15.9 Å². The van der Waals surface area contributed by atoms with Gasteiger partial charge in [0.1, 0.15) is 0 Å². The summed E-state index contributed by atoms with van der Waals surface area (Å²) in [6.45, 7) is 1.67. The molecule has 0 unspecified atom stereocenters. The summed E-state index contributed by atoms with van der Waals surface area (Å²) in [6, 6.07) is 9.19. The molecular formula is C17H22N2O3S. The largest absolute Gasteiger partial charge is 0.337 e. The molecule has 0 aromatic heterocycles. The van der Waals surface area contributed by atoms with Gasteiger partial charge in [-0.3, -0.25) is 4.79 Å². The number of hydrogen-bond acceptors (Lipinski definition) is 3. The first-order chi connectivity index (χ1) is 11.0. The molecule has 1 amide bonds. The first-order valence-corrected chi connectivity index (χ1v) is 9.64. The van der Waals surface area contributed by atoms with Crippen molar-refractivity contribution in [2.24, 2.45) is 5.92 Å². The van der Waals surface area contributed by atoms with E-state index < -0.39 is 10.0 Å². The van der Waals surface area contributed by atoms with Gasteiger partial charge in [-0.1, -0.05) is 36.4 Å². The number of sulfonamides is 1. The van der Waals surface area contributed by atoms with Gasteiger partial charge >= 0.3 is 0 Å². The lowest BCUT2D eigenvalue weighted by molar-refractivity contribution is -0.127. The van der Waals surface area contributed by atoms with E-state index in [0.717, 1.165) is 5.56 Å². The zero-order valence-electron chi connectivity index (χ0n) is 13.1. The van der Waals surface area contributed by atoms with Crippen molar-refractivity contribution in [2.45, 2.75) is 18.6 Å². The van der Waals surface area contributed by atoms with Crippen LogP contribution in [0.1, 0.15) is 18.4 Å². The average molecular weight is 334 g/mol. The molecule has 0 radical (unpaired) electrons. The molecule has 0 bridgehead atoms. The second-order valence-corrected chi connectivity index (χ2v) is 8.13. The van der Waals surface area contributed by atoms with Crippen molar-refractivity contribution < 1.29 is 13.2 Å². The van der Waals surface area contributed by atoms with E-state index in [1.54, 1.807) is 11.0 Å². The molecule has 5 nitrogen and oxygen atoms in total. The summed E-state index contributed by atoms with van der Waals surface area (Å²) in [4.78, 5) is 13.8. The summed E-state index contributed by atoms with van der Waals surface area (Å²) in [7, 11) is -3.32. The third kappa shape index (κ3) is 4.42. The Morgan fingerprint density at radius 2 is 1.74 bits per heavy atom. The van der Waals surface area contributed by atoms with Gasteiger partial charge in [0.2, 0.25) is 15.9 Å². The molecule has 3 rings (SSSR count). The number of carbonyl (C=O) groups is 1. The Morgan fingerprint density at radius 1 is 1.09 bits per heavy atom. The Balaban J connectivity index is 1.54. The highest BCUT2D eigenvalue weighted by molar-refractivity contribution is 7.88. The van der Waals surface area contributed by atoms with E-state index in [-0.39, 0.29) is 11.7 Å². The van der Waals surface area contributed by atoms with E-state index in [2.05, 4.69) is 0 Å².